The van der Waals surface area contributed by atoms with Crippen LogP contribution in [0.2, 0.25) is 0 Å². The van der Waals surface area contributed by atoms with Gasteiger partial charge in [0.1, 0.15) is 11.2 Å². The van der Waals surface area contributed by atoms with Gasteiger partial charge in [-0.15, -0.1) is 0 Å². The highest BCUT2D eigenvalue weighted by Gasteiger charge is 2.24. The van der Waals surface area contributed by atoms with Crippen molar-refractivity contribution in [2.75, 3.05) is 4.90 Å². The van der Waals surface area contributed by atoms with Gasteiger partial charge >= 0.3 is 0 Å². The third kappa shape index (κ3) is 6.22. The Labute approximate surface area is 350 Å². The molecule has 1 aromatic heterocycles. The summed E-state index contributed by atoms with van der Waals surface area (Å²) in [7, 11) is 0. The van der Waals surface area contributed by atoms with Gasteiger partial charge in [0.05, 0.1) is 0 Å². The van der Waals surface area contributed by atoms with E-state index in [0.29, 0.717) is 0 Å². The molecule has 0 aliphatic heterocycles. The van der Waals surface area contributed by atoms with Gasteiger partial charge in [-0.3, -0.25) is 0 Å². The molecule has 11 rings (SSSR count). The number of benzene rings is 9. The lowest BCUT2D eigenvalue weighted by molar-refractivity contribution is 0.668. The van der Waals surface area contributed by atoms with Crippen LogP contribution in [0.1, 0.15) is 24.0 Å². The number of para-hydroxylation sites is 1. The summed E-state index contributed by atoms with van der Waals surface area (Å²) in [6, 6.07) is 70.2. The lowest BCUT2D eigenvalue weighted by atomic mass is 9.93. The SMILES string of the molecule is C=Cc1ccccc1-c1ccc(N(C2=C(c3cccc4c3oc3cc5ccccc5cc34)C=CCC2)c2ccc(-c3cccc(-c4cccc5ccccc45)c3)cc2)cc1. The Balaban J connectivity index is 1.05. The zero-order valence-electron chi connectivity index (χ0n) is 33.2. The molecule has 1 aliphatic rings. The van der Waals surface area contributed by atoms with Crippen LogP contribution in [0.3, 0.4) is 0 Å². The fourth-order valence-corrected chi connectivity index (χ4v) is 9.16. The molecular formula is C58H41NO. The van der Waals surface area contributed by atoms with Gasteiger partial charge in [-0.2, -0.15) is 0 Å². The topological polar surface area (TPSA) is 16.4 Å². The third-order valence-corrected chi connectivity index (χ3v) is 12.1. The monoisotopic (exact) mass is 767 g/mol. The molecule has 0 atom stereocenters. The molecule has 0 saturated heterocycles. The molecular weight excluding hydrogens is 727 g/mol. The van der Waals surface area contributed by atoms with Crippen molar-refractivity contribution in [1.29, 1.82) is 0 Å². The van der Waals surface area contributed by atoms with Crippen molar-refractivity contribution in [2.24, 2.45) is 0 Å². The summed E-state index contributed by atoms with van der Waals surface area (Å²) in [5, 5.41) is 7.17. The number of allylic oxidation sites excluding steroid dienone is 4. The van der Waals surface area contributed by atoms with Crippen molar-refractivity contribution in [2.45, 2.75) is 12.8 Å². The van der Waals surface area contributed by atoms with E-state index in [1.165, 1.54) is 60.6 Å². The van der Waals surface area contributed by atoms with E-state index >= 15 is 0 Å². The standard InChI is InChI=1S/C58H41NO/c1-2-39-14-5-7-21-49(39)42-30-34-48(35-31-42)59(47-32-28-40(29-33-47)43-19-11-20-46(36-43)51-24-12-18-41-15-6-8-22-50(41)51)56-27-10-9-23-52(56)53-25-13-26-54-55-37-44-16-3-4-17-45(44)38-57(55)60-58(53)54/h2-9,11-26,28-38H,1,10,27H2. The maximum atomic E-state index is 6.81. The highest BCUT2D eigenvalue weighted by molar-refractivity contribution is 6.13. The van der Waals surface area contributed by atoms with Gasteiger partial charge in [-0.25, -0.2) is 0 Å². The van der Waals surface area contributed by atoms with E-state index in [4.69, 9.17) is 4.42 Å². The molecule has 0 bridgehead atoms. The molecule has 0 unspecified atom stereocenters. The zero-order valence-corrected chi connectivity index (χ0v) is 33.2. The fraction of sp³-hybridized carbons (Fsp3) is 0.0345. The first-order valence-electron chi connectivity index (χ1n) is 20.7. The largest absolute Gasteiger partial charge is 0.455 e. The van der Waals surface area contributed by atoms with Crippen LogP contribution >= 0.6 is 0 Å². The number of anilines is 2. The van der Waals surface area contributed by atoms with Crippen LogP contribution in [0.25, 0.3) is 88.5 Å². The maximum absolute atomic E-state index is 6.81. The zero-order chi connectivity index (χ0) is 40.0. The molecule has 0 spiro atoms. The number of fused-ring (bicyclic) bond motifs is 5. The van der Waals surface area contributed by atoms with Crippen LogP contribution in [0, 0.1) is 0 Å². The molecule has 10 aromatic rings. The minimum Gasteiger partial charge on any atom is -0.455 e. The first-order chi connectivity index (χ1) is 29.7. The molecule has 2 nitrogen and oxygen atoms in total. The Morgan fingerprint density at radius 1 is 0.467 bits per heavy atom. The normalized spacial score (nSPS) is 12.8. The van der Waals surface area contributed by atoms with Crippen LogP contribution in [0.15, 0.2) is 223 Å². The van der Waals surface area contributed by atoms with Crippen LogP contribution in [-0.2, 0) is 0 Å². The molecule has 9 aromatic carbocycles. The van der Waals surface area contributed by atoms with E-state index < -0.39 is 0 Å². The van der Waals surface area contributed by atoms with Gasteiger partial charge in [0.25, 0.3) is 0 Å². The highest BCUT2D eigenvalue weighted by Crippen LogP contribution is 2.43. The predicted molar refractivity (Wildman–Crippen MR) is 255 cm³/mol. The Morgan fingerprint density at radius 2 is 1.08 bits per heavy atom. The van der Waals surface area contributed by atoms with Gasteiger partial charge in [-0.05, 0) is 116 Å². The van der Waals surface area contributed by atoms with Crippen molar-refractivity contribution in [1.82, 2.24) is 0 Å². The molecule has 0 N–H and O–H groups in total. The number of nitrogens with zero attached hydrogens (tertiary/aromatic N) is 1. The van der Waals surface area contributed by atoms with E-state index in [9.17, 15) is 0 Å². The molecule has 1 heterocycles. The summed E-state index contributed by atoms with van der Waals surface area (Å²) in [5.41, 5.74) is 15.8. The average molecular weight is 768 g/mol. The Kier molecular flexibility index (Phi) is 8.82. The van der Waals surface area contributed by atoms with Gasteiger partial charge in [0.2, 0.25) is 0 Å². The lowest BCUT2D eigenvalue weighted by Crippen LogP contribution is -2.19. The summed E-state index contributed by atoms with van der Waals surface area (Å²) in [6.45, 7) is 4.08. The quantitative estimate of drug-likeness (QED) is 0.153. The molecule has 1 aliphatic carbocycles. The first kappa shape index (κ1) is 35.5. The first-order valence-corrected chi connectivity index (χ1v) is 20.7. The van der Waals surface area contributed by atoms with E-state index in [0.717, 1.165) is 62.8 Å². The van der Waals surface area contributed by atoms with Gasteiger partial charge in [0.15, 0.2) is 0 Å². The fourth-order valence-electron chi connectivity index (χ4n) is 9.16. The van der Waals surface area contributed by atoms with Crippen molar-refractivity contribution < 1.29 is 4.42 Å². The molecule has 60 heavy (non-hydrogen) atoms. The summed E-state index contributed by atoms with van der Waals surface area (Å²) in [4.78, 5) is 2.45. The van der Waals surface area contributed by atoms with Crippen molar-refractivity contribution in [3.8, 4) is 33.4 Å². The second-order valence-corrected chi connectivity index (χ2v) is 15.6. The molecule has 0 radical (unpaired) electrons. The van der Waals surface area contributed by atoms with Crippen LogP contribution < -0.4 is 4.90 Å². The number of hydrogen-bond acceptors (Lipinski definition) is 2. The molecule has 0 fully saturated rings. The third-order valence-electron chi connectivity index (χ3n) is 12.1. The maximum Gasteiger partial charge on any atom is 0.143 e. The van der Waals surface area contributed by atoms with E-state index in [2.05, 4.69) is 218 Å². The molecule has 0 amide bonds. The number of furan rings is 1. The lowest BCUT2D eigenvalue weighted by Gasteiger charge is -2.32. The van der Waals surface area contributed by atoms with Crippen molar-refractivity contribution in [3.63, 3.8) is 0 Å². The van der Waals surface area contributed by atoms with Crippen LogP contribution in [0.5, 0.6) is 0 Å². The number of rotatable bonds is 8. The second-order valence-electron chi connectivity index (χ2n) is 15.6. The van der Waals surface area contributed by atoms with Gasteiger partial charge in [0, 0.05) is 39.0 Å². The molecule has 2 heteroatoms. The van der Waals surface area contributed by atoms with Crippen LogP contribution in [-0.4, -0.2) is 0 Å². The summed E-state index contributed by atoms with van der Waals surface area (Å²) >= 11 is 0. The van der Waals surface area contributed by atoms with Gasteiger partial charge < -0.3 is 9.32 Å². The Bertz CT molecular complexity index is 3320. The summed E-state index contributed by atoms with van der Waals surface area (Å²) < 4.78 is 6.81. The van der Waals surface area contributed by atoms with Crippen molar-refractivity contribution in [3.05, 3.63) is 230 Å². The highest BCUT2D eigenvalue weighted by atomic mass is 16.3. The minimum absolute atomic E-state index is 0.877. The van der Waals surface area contributed by atoms with E-state index in [1.807, 2.05) is 6.08 Å². The average Bonchev–Trinajstić information content (AvgIpc) is 3.69. The predicted octanol–water partition coefficient (Wildman–Crippen LogP) is 16.4. The smallest absolute Gasteiger partial charge is 0.143 e. The van der Waals surface area contributed by atoms with E-state index in [-0.39, 0.29) is 0 Å². The van der Waals surface area contributed by atoms with Crippen molar-refractivity contribution >= 4 is 66.5 Å². The van der Waals surface area contributed by atoms with Gasteiger partial charge in [-0.1, -0.05) is 176 Å². The number of hydrogen-bond donors (Lipinski definition) is 0. The summed E-state index contributed by atoms with van der Waals surface area (Å²) in [5.74, 6) is 0. The molecule has 284 valence electrons. The van der Waals surface area contributed by atoms with Crippen LogP contribution in [0.4, 0.5) is 11.4 Å². The Morgan fingerprint density at radius 3 is 1.90 bits per heavy atom. The van der Waals surface area contributed by atoms with E-state index in [1.54, 1.807) is 0 Å². The second kappa shape index (κ2) is 14.9. The summed E-state index contributed by atoms with van der Waals surface area (Å²) in [6.07, 6.45) is 8.35. The molecule has 0 saturated carbocycles. The minimum atomic E-state index is 0.877. The Hall–Kier alpha value is -7.68.